The van der Waals surface area contributed by atoms with Gasteiger partial charge in [0.2, 0.25) is 0 Å². The number of aromatic nitrogens is 4. The monoisotopic (exact) mass is 604 g/mol. The van der Waals surface area contributed by atoms with Crippen LogP contribution in [0.4, 0.5) is 23.8 Å². The molecule has 3 aromatic heterocycles. The molecule has 6 rings (SSSR count). The number of aryl methyl sites for hydroxylation is 1. The van der Waals surface area contributed by atoms with Crippen molar-refractivity contribution >= 4 is 17.6 Å². The molecule has 1 saturated heterocycles. The summed E-state index contributed by atoms with van der Waals surface area (Å²) in [5.41, 5.74) is 7.47. The normalized spacial score (nSPS) is 14.2. The molecule has 1 aliphatic heterocycles. The van der Waals surface area contributed by atoms with Gasteiger partial charge < -0.3 is 25.3 Å². The second-order valence-electron chi connectivity index (χ2n) is 10.5. The van der Waals surface area contributed by atoms with E-state index >= 15 is 0 Å². The van der Waals surface area contributed by atoms with E-state index in [1.54, 1.807) is 31.2 Å². The van der Waals surface area contributed by atoms with Crippen LogP contribution in [0.5, 0.6) is 5.75 Å². The summed E-state index contributed by atoms with van der Waals surface area (Å²) < 4.78 is 58.6. The Morgan fingerprint density at radius 2 is 1.82 bits per heavy atom. The van der Waals surface area contributed by atoms with Gasteiger partial charge in [-0.15, -0.1) is 0 Å². The molecule has 0 aliphatic carbocycles. The van der Waals surface area contributed by atoms with Gasteiger partial charge in [-0.2, -0.15) is 18.3 Å². The summed E-state index contributed by atoms with van der Waals surface area (Å²) in [4.78, 5) is 20.6. The average Bonchev–Trinajstić information content (AvgIpc) is 3.32. The van der Waals surface area contributed by atoms with Gasteiger partial charge in [0.25, 0.3) is 0 Å². The summed E-state index contributed by atoms with van der Waals surface area (Å²) in [6.07, 6.45) is -3.94. The van der Waals surface area contributed by atoms with Gasteiger partial charge >= 0.3 is 12.3 Å². The predicted molar refractivity (Wildman–Crippen MR) is 155 cm³/mol. The molecule has 1 fully saturated rings. The molecule has 0 unspecified atom stereocenters. The minimum absolute atomic E-state index is 0.150. The number of carbonyl (C=O) groups is 1. The number of alkyl halides is 3. The van der Waals surface area contributed by atoms with Crippen molar-refractivity contribution in [1.82, 2.24) is 24.9 Å². The number of rotatable bonds is 8. The molecule has 3 N–H and O–H groups in total. The topological polar surface area (TPSA) is 126 Å². The summed E-state index contributed by atoms with van der Waals surface area (Å²) in [5.74, 6) is -0.0365. The van der Waals surface area contributed by atoms with E-state index in [1.807, 2.05) is 42.5 Å². The maximum Gasteiger partial charge on any atom is 0.419 e. The number of hydrogen-bond acceptors (Lipinski definition) is 8. The molecule has 1 aliphatic rings. The molecule has 0 radical (unpaired) electrons. The van der Waals surface area contributed by atoms with Crippen molar-refractivity contribution in [1.29, 1.82) is 0 Å². The fourth-order valence-corrected chi connectivity index (χ4v) is 4.82. The van der Waals surface area contributed by atoms with Gasteiger partial charge in [-0.05, 0) is 55.0 Å². The molecule has 0 bridgehead atoms. The van der Waals surface area contributed by atoms with Gasteiger partial charge in [0, 0.05) is 17.3 Å². The van der Waals surface area contributed by atoms with Gasteiger partial charge in [-0.1, -0.05) is 30.3 Å². The first-order valence-corrected chi connectivity index (χ1v) is 13.6. The number of nitrogens with zero attached hydrogens (tertiary/aromatic N) is 4. The molecular weight excluding hydrogens is 577 g/mol. The number of anilines is 1. The van der Waals surface area contributed by atoms with Crippen molar-refractivity contribution < 1.29 is 32.2 Å². The molecule has 1 amide bonds. The minimum Gasteiger partial charge on any atom is -0.491 e. The molecule has 0 spiro atoms. The number of nitrogen functional groups attached to an aromatic ring is 1. The van der Waals surface area contributed by atoms with Crippen LogP contribution < -0.4 is 15.8 Å². The van der Waals surface area contributed by atoms with E-state index in [0.717, 1.165) is 17.2 Å². The van der Waals surface area contributed by atoms with Crippen LogP contribution in [0.25, 0.3) is 28.2 Å². The number of nitrogens with two attached hydrogens (primary N) is 1. The Kier molecular flexibility index (Phi) is 7.55. The number of benzene rings is 2. The lowest BCUT2D eigenvalue weighted by Crippen LogP contribution is -2.65. The third kappa shape index (κ3) is 5.99. The van der Waals surface area contributed by atoms with Crippen molar-refractivity contribution in [2.75, 3.05) is 25.6 Å². The lowest BCUT2D eigenvalue weighted by Gasteiger charge is -2.40. The molecule has 5 aromatic rings. The summed E-state index contributed by atoms with van der Waals surface area (Å²) in [6, 6.07) is 21.0. The quantitative estimate of drug-likeness (QED) is 0.240. The summed E-state index contributed by atoms with van der Waals surface area (Å²) >= 11 is 0. The summed E-state index contributed by atoms with van der Waals surface area (Å²) in [5, 5.41) is 7.52. The van der Waals surface area contributed by atoms with Crippen LogP contribution in [0, 0.1) is 6.92 Å². The first-order valence-electron chi connectivity index (χ1n) is 13.6. The summed E-state index contributed by atoms with van der Waals surface area (Å²) in [6.45, 7) is 2.59. The minimum atomic E-state index is -4.66. The van der Waals surface area contributed by atoms with Crippen LogP contribution in [-0.4, -0.2) is 51.0 Å². The van der Waals surface area contributed by atoms with E-state index in [2.05, 4.69) is 20.4 Å². The average molecular weight is 605 g/mol. The fourth-order valence-electron chi connectivity index (χ4n) is 4.82. The highest BCUT2D eigenvalue weighted by atomic mass is 19.4. The third-order valence-electron chi connectivity index (χ3n) is 7.15. The Balaban J connectivity index is 1.15. The van der Waals surface area contributed by atoms with Crippen LogP contribution in [0.2, 0.25) is 0 Å². The molecule has 13 heteroatoms. The van der Waals surface area contributed by atoms with Crippen LogP contribution >= 0.6 is 0 Å². The smallest absolute Gasteiger partial charge is 0.419 e. The molecular formula is C31H27F3N6O4. The fraction of sp³-hybridized carbons (Fsp3) is 0.226. The number of nitrogens with one attached hydrogen (secondary N) is 1. The second kappa shape index (κ2) is 11.5. The molecule has 2 aromatic carbocycles. The first kappa shape index (κ1) is 28.9. The van der Waals surface area contributed by atoms with Gasteiger partial charge in [-0.25, -0.2) is 19.3 Å². The van der Waals surface area contributed by atoms with Crippen LogP contribution in [0.3, 0.4) is 0 Å². The molecule has 0 atom stereocenters. The van der Waals surface area contributed by atoms with Gasteiger partial charge in [0.15, 0.2) is 5.65 Å². The third-order valence-corrected chi connectivity index (χ3v) is 7.15. The predicted octanol–water partition coefficient (Wildman–Crippen LogP) is 5.44. The van der Waals surface area contributed by atoms with Crippen LogP contribution in [0.15, 0.2) is 79.0 Å². The first-order chi connectivity index (χ1) is 21.1. The number of alkyl carbamates (subject to hydrolysis) is 1. The van der Waals surface area contributed by atoms with Crippen molar-refractivity contribution in [2.24, 2.45) is 0 Å². The van der Waals surface area contributed by atoms with Crippen LogP contribution in [-0.2, 0) is 22.3 Å². The van der Waals surface area contributed by atoms with Crippen LogP contribution in [0.1, 0.15) is 16.8 Å². The highest BCUT2D eigenvalue weighted by Crippen LogP contribution is 2.36. The highest BCUT2D eigenvalue weighted by molar-refractivity contribution is 5.70. The number of halogens is 3. The van der Waals surface area contributed by atoms with Gasteiger partial charge in [0.1, 0.15) is 30.3 Å². The van der Waals surface area contributed by atoms with E-state index < -0.39 is 29.2 Å². The molecule has 4 heterocycles. The SMILES string of the molecule is Cc1nc2ccc(-c3ccc(OCC4(NC(=O)OCc5ccccc5)COC4)cc3)nn2c1-c1cnc(N)c(C(F)(F)F)c1. The zero-order chi connectivity index (χ0) is 30.9. The lowest BCUT2D eigenvalue weighted by molar-refractivity contribution is -0.137. The van der Waals surface area contributed by atoms with Crippen molar-refractivity contribution in [3.8, 4) is 28.3 Å². The number of imidazole rings is 1. The van der Waals surface area contributed by atoms with E-state index in [0.29, 0.717) is 28.5 Å². The number of amides is 1. The Morgan fingerprint density at radius 3 is 2.50 bits per heavy atom. The standard InChI is InChI=1S/C31H27F3N6O4/c1-19-27(22-13-24(31(32,33)34)28(35)36-14-22)40-26(37-19)12-11-25(39-40)21-7-9-23(10-8-21)44-18-30(16-42-17-30)38-29(41)43-15-20-5-3-2-4-6-20/h2-14H,15-18H2,1H3,(H2,35,36)(H,38,41). The second-order valence-corrected chi connectivity index (χ2v) is 10.5. The maximum atomic E-state index is 13.5. The zero-order valence-electron chi connectivity index (χ0n) is 23.5. The Bertz CT molecular complexity index is 1810. The number of carbonyl (C=O) groups excluding carboxylic acids is 1. The Morgan fingerprint density at radius 1 is 1.07 bits per heavy atom. The van der Waals surface area contributed by atoms with E-state index in [4.69, 9.17) is 19.9 Å². The molecule has 44 heavy (non-hydrogen) atoms. The molecule has 10 nitrogen and oxygen atoms in total. The van der Waals surface area contributed by atoms with E-state index in [1.165, 1.54) is 10.7 Å². The molecule has 0 saturated carbocycles. The maximum absolute atomic E-state index is 13.5. The van der Waals surface area contributed by atoms with Crippen molar-refractivity contribution in [3.05, 3.63) is 95.8 Å². The number of hydrogen-bond donors (Lipinski definition) is 2. The lowest BCUT2D eigenvalue weighted by atomic mass is 9.99. The Hall–Kier alpha value is -5.17. The Labute approximate surface area is 249 Å². The molecule has 226 valence electrons. The summed E-state index contributed by atoms with van der Waals surface area (Å²) in [7, 11) is 0. The van der Waals surface area contributed by atoms with E-state index in [9.17, 15) is 18.0 Å². The zero-order valence-corrected chi connectivity index (χ0v) is 23.5. The number of pyridine rings is 1. The number of ether oxygens (including phenoxy) is 3. The number of fused-ring (bicyclic) bond motifs is 1. The largest absolute Gasteiger partial charge is 0.491 e. The van der Waals surface area contributed by atoms with Gasteiger partial charge in [0.05, 0.1) is 35.9 Å². The van der Waals surface area contributed by atoms with Crippen molar-refractivity contribution in [3.63, 3.8) is 0 Å². The van der Waals surface area contributed by atoms with Gasteiger partial charge in [-0.3, -0.25) is 0 Å². The highest BCUT2D eigenvalue weighted by Gasteiger charge is 2.42. The van der Waals surface area contributed by atoms with E-state index in [-0.39, 0.29) is 32.0 Å². The van der Waals surface area contributed by atoms with Crippen molar-refractivity contribution in [2.45, 2.75) is 25.2 Å².